The van der Waals surface area contributed by atoms with Crippen molar-refractivity contribution in [2.75, 3.05) is 0 Å². The summed E-state index contributed by atoms with van der Waals surface area (Å²) in [4.78, 5) is 7.46. The van der Waals surface area contributed by atoms with E-state index in [-0.39, 0.29) is 11.5 Å². The summed E-state index contributed by atoms with van der Waals surface area (Å²) in [6.45, 7) is 5.03. The maximum atomic E-state index is 9.72. The highest BCUT2D eigenvalue weighted by Crippen LogP contribution is 2.40. The second-order valence-electron chi connectivity index (χ2n) is 5.72. The second kappa shape index (κ2) is 4.07. The van der Waals surface area contributed by atoms with Crippen molar-refractivity contribution >= 4 is 11.0 Å². The first-order valence-corrected chi connectivity index (χ1v) is 6.41. The standard InChI is InChI=1S/C14H19N3O/c1-14(2)11(6-12(14)18)16-7-9-8-17-13-10(9)4-3-5-15-13/h3-5,8,11-12,16,18H,6-7H2,1-2H3,(H,15,17). The topological polar surface area (TPSA) is 60.9 Å². The average Bonchev–Trinajstić information content (AvgIpc) is 2.78. The minimum absolute atomic E-state index is 0.0235. The monoisotopic (exact) mass is 245 g/mol. The molecule has 2 aromatic heterocycles. The summed E-state index contributed by atoms with van der Waals surface area (Å²) in [7, 11) is 0. The highest BCUT2D eigenvalue weighted by atomic mass is 16.3. The van der Waals surface area contributed by atoms with Gasteiger partial charge in [0.25, 0.3) is 0 Å². The molecule has 0 aliphatic heterocycles. The molecule has 3 N–H and O–H groups in total. The molecule has 0 saturated heterocycles. The molecule has 1 fully saturated rings. The summed E-state index contributed by atoms with van der Waals surface area (Å²) in [6, 6.07) is 4.42. The molecule has 2 unspecified atom stereocenters. The Morgan fingerprint density at radius 3 is 3.11 bits per heavy atom. The van der Waals surface area contributed by atoms with E-state index >= 15 is 0 Å². The third-order valence-corrected chi connectivity index (χ3v) is 4.29. The Kier molecular flexibility index (Phi) is 2.64. The van der Waals surface area contributed by atoms with Crippen LogP contribution in [0.4, 0.5) is 0 Å². The number of pyridine rings is 1. The van der Waals surface area contributed by atoms with E-state index in [4.69, 9.17) is 0 Å². The van der Waals surface area contributed by atoms with E-state index in [0.29, 0.717) is 6.04 Å². The maximum absolute atomic E-state index is 9.72. The van der Waals surface area contributed by atoms with Crippen LogP contribution in [-0.2, 0) is 6.54 Å². The van der Waals surface area contributed by atoms with Crippen LogP contribution in [0.1, 0.15) is 25.8 Å². The van der Waals surface area contributed by atoms with Crippen LogP contribution in [0.25, 0.3) is 11.0 Å². The van der Waals surface area contributed by atoms with E-state index in [1.54, 1.807) is 6.20 Å². The molecule has 1 saturated carbocycles. The molecule has 0 amide bonds. The van der Waals surface area contributed by atoms with Crippen molar-refractivity contribution in [3.05, 3.63) is 30.1 Å². The molecule has 0 aromatic carbocycles. The van der Waals surface area contributed by atoms with Crippen molar-refractivity contribution in [2.45, 2.75) is 39.0 Å². The predicted octanol–water partition coefficient (Wildman–Crippen LogP) is 1.81. The maximum Gasteiger partial charge on any atom is 0.137 e. The second-order valence-corrected chi connectivity index (χ2v) is 5.72. The van der Waals surface area contributed by atoms with Crippen LogP contribution in [0, 0.1) is 5.41 Å². The van der Waals surface area contributed by atoms with Gasteiger partial charge in [-0.3, -0.25) is 0 Å². The van der Waals surface area contributed by atoms with Crippen LogP contribution in [-0.4, -0.2) is 27.2 Å². The molecule has 1 aliphatic rings. The quantitative estimate of drug-likeness (QED) is 0.773. The van der Waals surface area contributed by atoms with Gasteiger partial charge in [0.1, 0.15) is 5.65 Å². The van der Waals surface area contributed by atoms with Crippen molar-refractivity contribution in [3.8, 4) is 0 Å². The van der Waals surface area contributed by atoms with Crippen LogP contribution < -0.4 is 5.32 Å². The molecule has 1 aliphatic carbocycles. The zero-order valence-corrected chi connectivity index (χ0v) is 10.8. The van der Waals surface area contributed by atoms with Gasteiger partial charge in [0.15, 0.2) is 0 Å². The fourth-order valence-electron chi connectivity index (χ4n) is 2.64. The summed E-state index contributed by atoms with van der Waals surface area (Å²) in [5, 5.41) is 14.4. The van der Waals surface area contributed by atoms with Gasteiger partial charge in [0.2, 0.25) is 0 Å². The van der Waals surface area contributed by atoms with E-state index < -0.39 is 0 Å². The van der Waals surface area contributed by atoms with Crippen LogP contribution >= 0.6 is 0 Å². The number of hydrogen-bond donors (Lipinski definition) is 3. The largest absolute Gasteiger partial charge is 0.392 e. The molecule has 2 heterocycles. The van der Waals surface area contributed by atoms with E-state index in [2.05, 4.69) is 35.2 Å². The van der Waals surface area contributed by atoms with Crippen molar-refractivity contribution in [1.82, 2.24) is 15.3 Å². The van der Waals surface area contributed by atoms with Gasteiger partial charge < -0.3 is 15.4 Å². The number of aliphatic hydroxyl groups is 1. The number of fused-ring (bicyclic) bond motifs is 1. The lowest BCUT2D eigenvalue weighted by Crippen LogP contribution is -2.59. The molecule has 2 aromatic rings. The van der Waals surface area contributed by atoms with E-state index in [0.717, 1.165) is 18.6 Å². The third-order valence-electron chi connectivity index (χ3n) is 4.29. The number of nitrogens with zero attached hydrogens (tertiary/aromatic N) is 1. The van der Waals surface area contributed by atoms with Gasteiger partial charge in [-0.1, -0.05) is 13.8 Å². The van der Waals surface area contributed by atoms with E-state index in [1.165, 1.54) is 10.9 Å². The van der Waals surface area contributed by atoms with Gasteiger partial charge in [-0.05, 0) is 24.1 Å². The number of aromatic amines is 1. The molecule has 4 nitrogen and oxygen atoms in total. The molecule has 0 bridgehead atoms. The van der Waals surface area contributed by atoms with Gasteiger partial charge in [0, 0.05) is 35.8 Å². The summed E-state index contributed by atoms with van der Waals surface area (Å²) >= 11 is 0. The Morgan fingerprint density at radius 1 is 1.56 bits per heavy atom. The van der Waals surface area contributed by atoms with E-state index in [9.17, 15) is 5.11 Å². The summed E-state index contributed by atoms with van der Waals surface area (Å²) in [5.74, 6) is 0. The number of aliphatic hydroxyl groups excluding tert-OH is 1. The first-order valence-electron chi connectivity index (χ1n) is 6.41. The van der Waals surface area contributed by atoms with Crippen molar-refractivity contribution < 1.29 is 5.11 Å². The summed E-state index contributed by atoms with van der Waals surface area (Å²) < 4.78 is 0. The zero-order chi connectivity index (χ0) is 12.8. The Bertz CT molecular complexity index is 561. The van der Waals surface area contributed by atoms with Gasteiger partial charge in [0.05, 0.1) is 6.10 Å². The van der Waals surface area contributed by atoms with E-state index in [1.807, 2.05) is 12.3 Å². The Balaban J connectivity index is 1.71. The lowest BCUT2D eigenvalue weighted by atomic mass is 9.64. The van der Waals surface area contributed by atoms with Crippen LogP contribution in [0.15, 0.2) is 24.5 Å². The summed E-state index contributed by atoms with van der Waals surface area (Å²) in [6.07, 6.45) is 4.46. The van der Waals surface area contributed by atoms with Crippen LogP contribution in [0.3, 0.4) is 0 Å². The van der Waals surface area contributed by atoms with Crippen molar-refractivity contribution in [2.24, 2.45) is 5.41 Å². The first kappa shape index (κ1) is 11.7. The molecule has 0 spiro atoms. The summed E-state index contributed by atoms with van der Waals surface area (Å²) in [5.41, 5.74) is 2.14. The third kappa shape index (κ3) is 1.72. The zero-order valence-electron chi connectivity index (χ0n) is 10.8. The number of rotatable bonds is 3. The van der Waals surface area contributed by atoms with Gasteiger partial charge in [-0.25, -0.2) is 4.98 Å². The average molecular weight is 245 g/mol. The minimum Gasteiger partial charge on any atom is -0.392 e. The number of H-pyrrole nitrogens is 1. The predicted molar refractivity (Wildman–Crippen MR) is 71.1 cm³/mol. The minimum atomic E-state index is -0.181. The lowest BCUT2D eigenvalue weighted by molar-refractivity contribution is -0.0729. The molecule has 18 heavy (non-hydrogen) atoms. The van der Waals surface area contributed by atoms with Crippen LogP contribution in [0.2, 0.25) is 0 Å². The number of aromatic nitrogens is 2. The smallest absolute Gasteiger partial charge is 0.137 e. The Hall–Kier alpha value is -1.39. The fraction of sp³-hybridized carbons (Fsp3) is 0.500. The van der Waals surface area contributed by atoms with Crippen LogP contribution in [0.5, 0.6) is 0 Å². The Morgan fingerprint density at radius 2 is 2.39 bits per heavy atom. The Labute approximate surface area is 106 Å². The van der Waals surface area contributed by atoms with Gasteiger partial charge in [-0.15, -0.1) is 0 Å². The molecule has 4 heteroatoms. The lowest BCUT2D eigenvalue weighted by Gasteiger charge is -2.49. The normalized spacial score (nSPS) is 26.2. The fourth-order valence-corrected chi connectivity index (χ4v) is 2.64. The molecular formula is C14H19N3O. The van der Waals surface area contributed by atoms with Gasteiger partial charge >= 0.3 is 0 Å². The highest BCUT2D eigenvalue weighted by molar-refractivity contribution is 5.79. The van der Waals surface area contributed by atoms with Gasteiger partial charge in [-0.2, -0.15) is 0 Å². The first-order chi connectivity index (χ1) is 8.59. The highest BCUT2D eigenvalue weighted by Gasteiger charge is 2.46. The molecule has 3 rings (SSSR count). The van der Waals surface area contributed by atoms with Crippen molar-refractivity contribution in [1.29, 1.82) is 0 Å². The SMILES string of the molecule is CC1(C)C(O)CC1NCc1c[nH]c2ncccc12. The van der Waals surface area contributed by atoms with Crippen molar-refractivity contribution in [3.63, 3.8) is 0 Å². The number of nitrogens with one attached hydrogen (secondary N) is 2. The number of hydrogen-bond acceptors (Lipinski definition) is 3. The molecule has 96 valence electrons. The molecule has 2 atom stereocenters. The molecular weight excluding hydrogens is 226 g/mol. The molecule has 0 radical (unpaired) electrons.